The molecule has 0 aromatic heterocycles. The predicted molar refractivity (Wildman–Crippen MR) is 70.7 cm³/mol. The maximum atomic E-state index is 12.0. The molecule has 1 saturated carbocycles. The molecule has 20 heavy (non-hydrogen) atoms. The average Bonchev–Trinajstić information content (AvgIpc) is 2.41. The number of ether oxygens (including phenoxy) is 1. The van der Waals surface area contributed by atoms with Crippen molar-refractivity contribution in [3.63, 3.8) is 0 Å². The molecular weight excluding hydrogens is 264 g/mol. The second-order valence-corrected chi connectivity index (χ2v) is 4.84. The van der Waals surface area contributed by atoms with Crippen molar-refractivity contribution in [2.45, 2.75) is 18.9 Å². The van der Waals surface area contributed by atoms with E-state index in [1.165, 1.54) is 25.3 Å². The lowest BCUT2D eigenvalue weighted by atomic mass is 9.82. The summed E-state index contributed by atoms with van der Waals surface area (Å²) in [6.07, 6.45) is 1.07. The standard InChI is InChI=1S/C13H16N2O5/c1-20-12-3-2-9(15(18)19)6-11(12)13(17)14-7-8-4-10(16)5-8/h2-3,6,8,10,16H,4-5,7H2,1H3,(H,14,17). The molecule has 0 spiro atoms. The molecule has 1 aromatic rings. The van der Waals surface area contributed by atoms with Gasteiger partial charge in [0.15, 0.2) is 0 Å². The number of benzene rings is 1. The fourth-order valence-corrected chi connectivity index (χ4v) is 2.19. The molecule has 1 aliphatic rings. The number of nitro benzene ring substituents is 1. The Morgan fingerprint density at radius 3 is 2.80 bits per heavy atom. The van der Waals surface area contributed by atoms with Crippen molar-refractivity contribution in [2.75, 3.05) is 13.7 Å². The minimum Gasteiger partial charge on any atom is -0.496 e. The summed E-state index contributed by atoms with van der Waals surface area (Å²) < 4.78 is 5.04. The number of nitrogens with one attached hydrogen (secondary N) is 1. The number of aliphatic hydroxyl groups excluding tert-OH is 1. The number of nitro groups is 1. The highest BCUT2D eigenvalue weighted by Gasteiger charge is 2.27. The first-order valence-electron chi connectivity index (χ1n) is 6.30. The highest BCUT2D eigenvalue weighted by Crippen LogP contribution is 2.27. The molecule has 7 heteroatoms. The smallest absolute Gasteiger partial charge is 0.270 e. The lowest BCUT2D eigenvalue weighted by Gasteiger charge is -2.31. The van der Waals surface area contributed by atoms with E-state index >= 15 is 0 Å². The fraction of sp³-hybridized carbons (Fsp3) is 0.462. The number of non-ortho nitro benzene ring substituents is 1. The topological polar surface area (TPSA) is 102 Å². The zero-order valence-corrected chi connectivity index (χ0v) is 11.0. The second kappa shape index (κ2) is 5.87. The Morgan fingerprint density at radius 2 is 2.25 bits per heavy atom. The number of carbonyl (C=O) groups excluding carboxylic acids is 1. The van der Waals surface area contributed by atoms with Gasteiger partial charge in [-0.05, 0) is 24.8 Å². The summed E-state index contributed by atoms with van der Waals surface area (Å²) in [5.74, 6) is 0.146. The number of methoxy groups -OCH3 is 1. The third-order valence-electron chi connectivity index (χ3n) is 3.40. The zero-order valence-electron chi connectivity index (χ0n) is 11.0. The Morgan fingerprint density at radius 1 is 1.55 bits per heavy atom. The van der Waals surface area contributed by atoms with E-state index < -0.39 is 10.8 Å². The van der Waals surface area contributed by atoms with Crippen LogP contribution in [0.5, 0.6) is 5.75 Å². The molecule has 1 fully saturated rings. The van der Waals surface area contributed by atoms with Gasteiger partial charge in [-0.1, -0.05) is 0 Å². The molecule has 0 bridgehead atoms. The molecule has 1 amide bonds. The van der Waals surface area contributed by atoms with Crippen molar-refractivity contribution in [3.05, 3.63) is 33.9 Å². The lowest BCUT2D eigenvalue weighted by Crippen LogP contribution is -2.38. The first-order chi connectivity index (χ1) is 9.51. The summed E-state index contributed by atoms with van der Waals surface area (Å²) in [6, 6.07) is 3.89. The summed E-state index contributed by atoms with van der Waals surface area (Å²) in [4.78, 5) is 22.2. The lowest BCUT2D eigenvalue weighted by molar-refractivity contribution is -0.384. The monoisotopic (exact) mass is 280 g/mol. The molecule has 0 unspecified atom stereocenters. The number of amides is 1. The van der Waals surface area contributed by atoms with E-state index in [0.29, 0.717) is 25.1 Å². The first kappa shape index (κ1) is 14.3. The van der Waals surface area contributed by atoms with Crippen LogP contribution in [-0.4, -0.2) is 35.7 Å². The summed E-state index contributed by atoms with van der Waals surface area (Å²) in [7, 11) is 1.40. The van der Waals surface area contributed by atoms with Gasteiger partial charge in [0.1, 0.15) is 5.75 Å². The molecule has 108 valence electrons. The van der Waals surface area contributed by atoms with Crippen LogP contribution in [0.15, 0.2) is 18.2 Å². The normalized spacial score (nSPS) is 20.9. The van der Waals surface area contributed by atoms with Gasteiger partial charge in [-0.3, -0.25) is 14.9 Å². The largest absolute Gasteiger partial charge is 0.496 e. The van der Waals surface area contributed by atoms with Crippen LogP contribution in [0.3, 0.4) is 0 Å². The molecule has 2 N–H and O–H groups in total. The van der Waals surface area contributed by atoms with Crippen molar-refractivity contribution in [1.82, 2.24) is 5.32 Å². The van der Waals surface area contributed by atoms with E-state index in [1.807, 2.05) is 0 Å². The Hall–Kier alpha value is -2.15. The van der Waals surface area contributed by atoms with E-state index in [4.69, 9.17) is 4.74 Å². The van der Waals surface area contributed by atoms with Crippen LogP contribution in [0.4, 0.5) is 5.69 Å². The third-order valence-corrected chi connectivity index (χ3v) is 3.40. The summed E-state index contributed by atoms with van der Waals surface area (Å²) in [5.41, 5.74) is -0.0170. The highest BCUT2D eigenvalue weighted by atomic mass is 16.6. The van der Waals surface area contributed by atoms with Gasteiger partial charge in [0, 0.05) is 18.7 Å². The number of hydrogen-bond acceptors (Lipinski definition) is 5. The van der Waals surface area contributed by atoms with Crippen LogP contribution in [0, 0.1) is 16.0 Å². The van der Waals surface area contributed by atoms with Crippen LogP contribution >= 0.6 is 0 Å². The van der Waals surface area contributed by atoms with Crippen molar-refractivity contribution >= 4 is 11.6 Å². The van der Waals surface area contributed by atoms with Crippen molar-refractivity contribution in [1.29, 1.82) is 0 Å². The minimum absolute atomic E-state index is 0.140. The van der Waals surface area contributed by atoms with Gasteiger partial charge in [0.25, 0.3) is 11.6 Å². The minimum atomic E-state index is -0.557. The molecular formula is C13H16N2O5. The zero-order chi connectivity index (χ0) is 14.7. The number of hydrogen-bond donors (Lipinski definition) is 2. The molecule has 1 aromatic carbocycles. The number of aliphatic hydroxyl groups is 1. The maximum Gasteiger partial charge on any atom is 0.270 e. The van der Waals surface area contributed by atoms with E-state index in [9.17, 15) is 20.0 Å². The van der Waals surface area contributed by atoms with E-state index in [-0.39, 0.29) is 23.3 Å². The van der Waals surface area contributed by atoms with Gasteiger partial charge in [-0.25, -0.2) is 0 Å². The molecule has 0 radical (unpaired) electrons. The molecule has 0 saturated heterocycles. The Bertz CT molecular complexity index is 525. The van der Waals surface area contributed by atoms with Gasteiger partial charge in [-0.15, -0.1) is 0 Å². The highest BCUT2D eigenvalue weighted by molar-refractivity contribution is 5.97. The molecule has 0 heterocycles. The first-order valence-corrected chi connectivity index (χ1v) is 6.30. The average molecular weight is 280 g/mol. The number of carbonyl (C=O) groups is 1. The van der Waals surface area contributed by atoms with Crippen LogP contribution in [0.25, 0.3) is 0 Å². The Labute approximate surface area is 115 Å². The Kier molecular flexibility index (Phi) is 4.19. The quantitative estimate of drug-likeness (QED) is 0.621. The van der Waals surface area contributed by atoms with E-state index in [0.717, 1.165) is 0 Å². The van der Waals surface area contributed by atoms with Gasteiger partial charge < -0.3 is 15.2 Å². The second-order valence-electron chi connectivity index (χ2n) is 4.84. The third kappa shape index (κ3) is 3.05. The predicted octanol–water partition coefficient (Wildman–Crippen LogP) is 1.10. The van der Waals surface area contributed by atoms with Gasteiger partial charge in [-0.2, -0.15) is 0 Å². The number of rotatable bonds is 5. The van der Waals surface area contributed by atoms with Crippen molar-refractivity contribution in [2.24, 2.45) is 5.92 Å². The van der Waals surface area contributed by atoms with Gasteiger partial charge in [0.05, 0.1) is 23.7 Å². The van der Waals surface area contributed by atoms with Gasteiger partial charge >= 0.3 is 0 Å². The summed E-state index contributed by atoms with van der Waals surface area (Å²) in [5, 5.41) is 22.6. The SMILES string of the molecule is COc1ccc([N+](=O)[O-])cc1C(=O)NCC1CC(O)C1. The van der Waals surface area contributed by atoms with E-state index in [2.05, 4.69) is 5.32 Å². The summed E-state index contributed by atoms with van der Waals surface area (Å²) in [6.45, 7) is 0.446. The van der Waals surface area contributed by atoms with Crippen LogP contribution in [-0.2, 0) is 0 Å². The molecule has 1 aliphatic carbocycles. The van der Waals surface area contributed by atoms with Gasteiger partial charge in [0.2, 0.25) is 0 Å². The fourth-order valence-electron chi connectivity index (χ4n) is 2.19. The number of nitrogens with zero attached hydrogens (tertiary/aromatic N) is 1. The molecule has 0 atom stereocenters. The van der Waals surface area contributed by atoms with E-state index in [1.54, 1.807) is 0 Å². The maximum absolute atomic E-state index is 12.0. The van der Waals surface area contributed by atoms with Crippen LogP contribution in [0.1, 0.15) is 23.2 Å². The van der Waals surface area contributed by atoms with Crippen LogP contribution < -0.4 is 10.1 Å². The van der Waals surface area contributed by atoms with Crippen LogP contribution in [0.2, 0.25) is 0 Å². The van der Waals surface area contributed by atoms with Crippen molar-refractivity contribution in [3.8, 4) is 5.75 Å². The molecule has 2 rings (SSSR count). The Balaban J connectivity index is 2.06. The van der Waals surface area contributed by atoms with Crippen molar-refractivity contribution < 1.29 is 19.6 Å². The summed E-state index contributed by atoms with van der Waals surface area (Å²) >= 11 is 0. The molecule has 7 nitrogen and oxygen atoms in total. The molecule has 0 aliphatic heterocycles.